The standard InChI is InChI=1S/C6H14N2O/c7-6(5-9)3-1-2-4-8-6/h8-9H,1-5,7H2/t6-/m0/s1. The lowest BCUT2D eigenvalue weighted by molar-refractivity contribution is 0.137. The van der Waals surface area contributed by atoms with E-state index in [2.05, 4.69) is 5.32 Å². The van der Waals surface area contributed by atoms with E-state index in [1.165, 1.54) is 6.42 Å². The van der Waals surface area contributed by atoms with Gasteiger partial charge in [0, 0.05) is 0 Å². The first kappa shape index (κ1) is 6.99. The first-order valence-electron chi connectivity index (χ1n) is 3.42. The lowest BCUT2D eigenvalue weighted by atomic mass is 10.00. The Kier molecular flexibility index (Phi) is 2.05. The van der Waals surface area contributed by atoms with E-state index in [0.29, 0.717) is 0 Å². The zero-order chi connectivity index (χ0) is 6.74. The average molecular weight is 130 g/mol. The van der Waals surface area contributed by atoms with Crippen molar-refractivity contribution in [3.05, 3.63) is 0 Å². The average Bonchev–Trinajstić information content (AvgIpc) is 1.90. The van der Waals surface area contributed by atoms with Crippen molar-refractivity contribution in [1.82, 2.24) is 5.32 Å². The van der Waals surface area contributed by atoms with Crippen LogP contribution in [0.4, 0.5) is 0 Å². The van der Waals surface area contributed by atoms with Gasteiger partial charge in [0.2, 0.25) is 0 Å². The summed E-state index contributed by atoms with van der Waals surface area (Å²) < 4.78 is 0. The monoisotopic (exact) mass is 130 g/mol. The van der Waals surface area contributed by atoms with Crippen LogP contribution in [-0.2, 0) is 0 Å². The largest absolute Gasteiger partial charge is 0.393 e. The minimum atomic E-state index is -0.474. The fourth-order valence-electron chi connectivity index (χ4n) is 1.13. The Labute approximate surface area is 55.2 Å². The summed E-state index contributed by atoms with van der Waals surface area (Å²) in [4.78, 5) is 0. The van der Waals surface area contributed by atoms with E-state index in [1.807, 2.05) is 0 Å². The Balaban J connectivity index is 2.37. The number of aliphatic hydroxyl groups excluding tert-OH is 1. The summed E-state index contributed by atoms with van der Waals surface area (Å²) in [5, 5.41) is 11.8. The third-order valence-electron chi connectivity index (χ3n) is 1.81. The third kappa shape index (κ3) is 1.64. The topological polar surface area (TPSA) is 58.3 Å². The Hall–Kier alpha value is -0.120. The van der Waals surface area contributed by atoms with Gasteiger partial charge >= 0.3 is 0 Å². The molecule has 3 heteroatoms. The highest BCUT2D eigenvalue weighted by Crippen LogP contribution is 2.12. The van der Waals surface area contributed by atoms with E-state index < -0.39 is 5.66 Å². The van der Waals surface area contributed by atoms with Crippen molar-refractivity contribution in [3.8, 4) is 0 Å². The van der Waals surface area contributed by atoms with Gasteiger partial charge in [0.25, 0.3) is 0 Å². The zero-order valence-electron chi connectivity index (χ0n) is 5.56. The number of aliphatic hydroxyl groups is 1. The summed E-state index contributed by atoms with van der Waals surface area (Å²) in [6.07, 6.45) is 3.20. The van der Waals surface area contributed by atoms with Crippen molar-refractivity contribution in [1.29, 1.82) is 0 Å². The Bertz CT molecular complexity index is 89.1. The van der Waals surface area contributed by atoms with Gasteiger partial charge in [-0.05, 0) is 25.8 Å². The Morgan fingerprint density at radius 2 is 2.33 bits per heavy atom. The Morgan fingerprint density at radius 1 is 1.56 bits per heavy atom. The van der Waals surface area contributed by atoms with Gasteiger partial charge < -0.3 is 10.8 Å². The molecule has 0 spiro atoms. The molecule has 0 unspecified atom stereocenters. The second-order valence-electron chi connectivity index (χ2n) is 2.70. The summed E-state index contributed by atoms with van der Waals surface area (Å²) in [6, 6.07) is 0. The summed E-state index contributed by atoms with van der Waals surface area (Å²) in [7, 11) is 0. The van der Waals surface area contributed by atoms with Crippen molar-refractivity contribution >= 4 is 0 Å². The molecule has 0 aliphatic carbocycles. The SMILES string of the molecule is N[C@@]1(CO)CCCCN1. The van der Waals surface area contributed by atoms with Gasteiger partial charge in [-0.2, -0.15) is 0 Å². The van der Waals surface area contributed by atoms with E-state index in [1.54, 1.807) is 0 Å². The van der Waals surface area contributed by atoms with Crippen molar-refractivity contribution in [2.45, 2.75) is 24.9 Å². The number of nitrogens with two attached hydrogens (primary N) is 1. The molecule has 1 aliphatic rings. The summed E-state index contributed by atoms with van der Waals surface area (Å²) >= 11 is 0. The van der Waals surface area contributed by atoms with Gasteiger partial charge in [-0.1, -0.05) is 0 Å². The van der Waals surface area contributed by atoms with Crippen molar-refractivity contribution < 1.29 is 5.11 Å². The number of piperidine rings is 1. The second kappa shape index (κ2) is 2.64. The van der Waals surface area contributed by atoms with Crippen LogP contribution in [0.1, 0.15) is 19.3 Å². The molecule has 1 rings (SSSR count). The van der Waals surface area contributed by atoms with Gasteiger partial charge in [0.05, 0.1) is 12.3 Å². The Morgan fingerprint density at radius 3 is 2.67 bits per heavy atom. The molecule has 54 valence electrons. The summed E-state index contributed by atoms with van der Waals surface area (Å²) in [5.41, 5.74) is 5.22. The van der Waals surface area contributed by atoms with E-state index in [9.17, 15) is 0 Å². The summed E-state index contributed by atoms with van der Waals surface area (Å²) in [5.74, 6) is 0. The maximum Gasteiger partial charge on any atom is 0.0899 e. The van der Waals surface area contributed by atoms with Gasteiger partial charge in [0.15, 0.2) is 0 Å². The minimum absolute atomic E-state index is 0.0486. The van der Waals surface area contributed by atoms with Gasteiger partial charge in [0.1, 0.15) is 0 Å². The normalized spacial score (nSPS) is 36.7. The van der Waals surface area contributed by atoms with Crippen LogP contribution in [-0.4, -0.2) is 23.9 Å². The van der Waals surface area contributed by atoms with Crippen LogP contribution in [0.2, 0.25) is 0 Å². The molecule has 0 aromatic heterocycles. The first-order valence-corrected chi connectivity index (χ1v) is 3.42. The predicted molar refractivity (Wildman–Crippen MR) is 35.9 cm³/mol. The fraction of sp³-hybridized carbons (Fsp3) is 1.00. The van der Waals surface area contributed by atoms with E-state index in [4.69, 9.17) is 10.8 Å². The molecule has 1 saturated heterocycles. The molecule has 0 saturated carbocycles. The first-order chi connectivity index (χ1) is 4.27. The highest BCUT2D eigenvalue weighted by Gasteiger charge is 2.24. The quantitative estimate of drug-likeness (QED) is 0.444. The van der Waals surface area contributed by atoms with Crippen molar-refractivity contribution in [2.75, 3.05) is 13.2 Å². The molecule has 9 heavy (non-hydrogen) atoms. The molecule has 1 aliphatic heterocycles. The second-order valence-corrected chi connectivity index (χ2v) is 2.70. The van der Waals surface area contributed by atoms with Crippen LogP contribution < -0.4 is 11.1 Å². The fourth-order valence-corrected chi connectivity index (χ4v) is 1.13. The molecule has 0 aromatic carbocycles. The van der Waals surface area contributed by atoms with E-state index in [-0.39, 0.29) is 6.61 Å². The number of hydrogen-bond donors (Lipinski definition) is 3. The molecule has 0 radical (unpaired) electrons. The van der Waals surface area contributed by atoms with Crippen LogP contribution in [0.15, 0.2) is 0 Å². The van der Waals surface area contributed by atoms with Crippen molar-refractivity contribution in [2.24, 2.45) is 5.73 Å². The molecular weight excluding hydrogens is 116 g/mol. The molecule has 1 fully saturated rings. The van der Waals surface area contributed by atoms with Crippen LogP contribution in [0, 0.1) is 0 Å². The third-order valence-corrected chi connectivity index (χ3v) is 1.81. The van der Waals surface area contributed by atoms with Gasteiger partial charge in [-0.15, -0.1) is 0 Å². The molecule has 1 atom stereocenters. The van der Waals surface area contributed by atoms with Gasteiger partial charge in [-0.25, -0.2) is 0 Å². The van der Waals surface area contributed by atoms with Crippen LogP contribution >= 0.6 is 0 Å². The van der Waals surface area contributed by atoms with Crippen LogP contribution in [0.3, 0.4) is 0 Å². The van der Waals surface area contributed by atoms with E-state index >= 15 is 0 Å². The molecule has 1 heterocycles. The highest BCUT2D eigenvalue weighted by atomic mass is 16.3. The van der Waals surface area contributed by atoms with Crippen LogP contribution in [0.25, 0.3) is 0 Å². The molecular formula is C6H14N2O. The number of rotatable bonds is 1. The van der Waals surface area contributed by atoms with Crippen LogP contribution in [0.5, 0.6) is 0 Å². The maximum absolute atomic E-state index is 8.76. The molecule has 0 aromatic rings. The smallest absolute Gasteiger partial charge is 0.0899 e. The van der Waals surface area contributed by atoms with Gasteiger partial charge in [-0.3, -0.25) is 5.32 Å². The predicted octanol–water partition coefficient (Wildman–Crippen LogP) is -0.593. The zero-order valence-corrected chi connectivity index (χ0v) is 5.56. The maximum atomic E-state index is 8.76. The molecule has 0 bridgehead atoms. The summed E-state index contributed by atoms with van der Waals surface area (Å²) in [6.45, 7) is 0.990. The lowest BCUT2D eigenvalue weighted by Crippen LogP contribution is -2.58. The highest BCUT2D eigenvalue weighted by molar-refractivity contribution is 4.83. The molecule has 3 nitrogen and oxygen atoms in total. The van der Waals surface area contributed by atoms with Crippen molar-refractivity contribution in [3.63, 3.8) is 0 Å². The number of nitrogens with one attached hydrogen (secondary N) is 1. The molecule has 0 amide bonds. The van der Waals surface area contributed by atoms with E-state index in [0.717, 1.165) is 19.4 Å². The number of hydrogen-bond acceptors (Lipinski definition) is 3. The minimum Gasteiger partial charge on any atom is -0.393 e. The molecule has 4 N–H and O–H groups in total. The lowest BCUT2D eigenvalue weighted by Gasteiger charge is -2.32.